The molecule has 0 radical (unpaired) electrons. The Morgan fingerprint density at radius 3 is 2.85 bits per heavy atom. The molecule has 0 aliphatic carbocycles. The van der Waals surface area contributed by atoms with E-state index in [2.05, 4.69) is 59.4 Å². The summed E-state index contributed by atoms with van der Waals surface area (Å²) in [6.45, 7) is 5.91. The summed E-state index contributed by atoms with van der Waals surface area (Å²) in [5.74, 6) is 0.870. The summed E-state index contributed by atoms with van der Waals surface area (Å²) in [6, 6.07) is 10.8. The highest BCUT2D eigenvalue weighted by Gasteiger charge is 2.09. The normalized spacial score (nSPS) is 11.6. The molecule has 3 rings (SSSR count). The Hall–Kier alpha value is -2.07. The van der Waals surface area contributed by atoms with E-state index < -0.39 is 0 Å². The molecule has 0 saturated heterocycles. The second kappa shape index (κ2) is 5.51. The van der Waals surface area contributed by atoms with Gasteiger partial charge in [-0.2, -0.15) is 0 Å². The summed E-state index contributed by atoms with van der Waals surface area (Å²) >= 11 is 0. The molecule has 4 heteroatoms. The first kappa shape index (κ1) is 12.9. The molecule has 4 nitrogen and oxygen atoms in total. The Kier molecular flexibility index (Phi) is 3.56. The molecule has 0 fully saturated rings. The zero-order chi connectivity index (χ0) is 13.9. The van der Waals surface area contributed by atoms with Crippen LogP contribution in [-0.2, 0) is 13.1 Å². The van der Waals surface area contributed by atoms with E-state index in [0.29, 0.717) is 12.6 Å². The Balaban J connectivity index is 1.95. The van der Waals surface area contributed by atoms with Crippen LogP contribution in [0.25, 0.3) is 10.9 Å². The van der Waals surface area contributed by atoms with Crippen molar-refractivity contribution in [1.82, 2.24) is 15.0 Å². The molecule has 104 valence electrons. The molecule has 1 aromatic carbocycles. The van der Waals surface area contributed by atoms with Gasteiger partial charge in [0.05, 0.1) is 12.7 Å². The van der Waals surface area contributed by atoms with Crippen LogP contribution in [-0.4, -0.2) is 15.8 Å². The van der Waals surface area contributed by atoms with Crippen LogP contribution in [0.2, 0.25) is 0 Å². The number of benzene rings is 1. The minimum atomic E-state index is 0.478. The van der Waals surface area contributed by atoms with Gasteiger partial charge in [-0.25, -0.2) is 0 Å². The molecular weight excluding hydrogens is 250 g/mol. The molecule has 0 aliphatic heterocycles. The molecule has 0 bridgehead atoms. The van der Waals surface area contributed by atoms with E-state index >= 15 is 0 Å². The van der Waals surface area contributed by atoms with Gasteiger partial charge < -0.3 is 14.4 Å². The minimum absolute atomic E-state index is 0.478. The van der Waals surface area contributed by atoms with E-state index in [1.807, 2.05) is 6.07 Å². The predicted octanol–water partition coefficient (Wildman–Crippen LogP) is 3.18. The van der Waals surface area contributed by atoms with Crippen LogP contribution >= 0.6 is 0 Å². The van der Waals surface area contributed by atoms with Crippen molar-refractivity contribution < 1.29 is 4.52 Å². The maximum Gasteiger partial charge on any atom is 0.156 e. The predicted molar refractivity (Wildman–Crippen MR) is 79.5 cm³/mol. The first-order valence-electron chi connectivity index (χ1n) is 6.94. The molecule has 0 saturated carbocycles. The third-order valence-electron chi connectivity index (χ3n) is 3.39. The lowest BCUT2D eigenvalue weighted by atomic mass is 10.2. The maximum absolute atomic E-state index is 5.21. The summed E-state index contributed by atoms with van der Waals surface area (Å²) in [7, 11) is 0. The minimum Gasteiger partial charge on any atom is -0.359 e. The van der Waals surface area contributed by atoms with Gasteiger partial charge in [0.1, 0.15) is 0 Å². The van der Waals surface area contributed by atoms with Crippen molar-refractivity contribution in [2.24, 2.45) is 0 Å². The average molecular weight is 269 g/mol. The largest absolute Gasteiger partial charge is 0.359 e. The number of para-hydroxylation sites is 1. The first-order chi connectivity index (χ1) is 9.74. The molecule has 0 spiro atoms. The molecule has 0 atom stereocenters. The Labute approximate surface area is 118 Å². The molecule has 3 aromatic rings. The summed E-state index contributed by atoms with van der Waals surface area (Å²) in [5, 5.41) is 8.53. The fraction of sp³-hybridized carbons (Fsp3) is 0.312. The molecule has 1 N–H and O–H groups in total. The molecular formula is C16H19N3O. The van der Waals surface area contributed by atoms with Crippen LogP contribution in [0.1, 0.15) is 25.2 Å². The maximum atomic E-state index is 5.21. The van der Waals surface area contributed by atoms with Gasteiger partial charge in [-0.3, -0.25) is 0 Å². The van der Waals surface area contributed by atoms with Gasteiger partial charge in [-0.05, 0) is 11.6 Å². The number of aromatic nitrogens is 2. The summed E-state index contributed by atoms with van der Waals surface area (Å²) in [6.07, 6.45) is 3.88. The van der Waals surface area contributed by atoms with Gasteiger partial charge >= 0.3 is 0 Å². The topological polar surface area (TPSA) is 43.0 Å². The third-order valence-corrected chi connectivity index (χ3v) is 3.39. The number of nitrogens with one attached hydrogen (secondary N) is 1. The lowest BCUT2D eigenvalue weighted by Gasteiger charge is -2.06. The van der Waals surface area contributed by atoms with Gasteiger partial charge in [0, 0.05) is 35.8 Å². The van der Waals surface area contributed by atoms with Gasteiger partial charge in [0.2, 0.25) is 0 Å². The summed E-state index contributed by atoms with van der Waals surface area (Å²) in [5.41, 5.74) is 2.54. The molecule has 20 heavy (non-hydrogen) atoms. The summed E-state index contributed by atoms with van der Waals surface area (Å²) < 4.78 is 7.42. The molecule has 2 heterocycles. The summed E-state index contributed by atoms with van der Waals surface area (Å²) in [4.78, 5) is 0. The van der Waals surface area contributed by atoms with E-state index in [-0.39, 0.29) is 0 Å². The van der Waals surface area contributed by atoms with Crippen molar-refractivity contribution in [2.45, 2.75) is 33.0 Å². The van der Waals surface area contributed by atoms with E-state index in [1.54, 1.807) is 6.20 Å². The van der Waals surface area contributed by atoms with Crippen molar-refractivity contribution in [1.29, 1.82) is 0 Å². The zero-order valence-electron chi connectivity index (χ0n) is 11.8. The molecule has 0 unspecified atom stereocenters. The molecule has 0 amide bonds. The van der Waals surface area contributed by atoms with Crippen LogP contribution < -0.4 is 5.32 Å². The Morgan fingerprint density at radius 1 is 1.25 bits per heavy atom. The lowest BCUT2D eigenvalue weighted by molar-refractivity contribution is 0.377. The van der Waals surface area contributed by atoms with E-state index in [0.717, 1.165) is 12.3 Å². The lowest BCUT2D eigenvalue weighted by Crippen LogP contribution is -2.21. The molecule has 0 aliphatic rings. The zero-order valence-corrected chi connectivity index (χ0v) is 11.8. The van der Waals surface area contributed by atoms with Crippen molar-refractivity contribution in [3.05, 3.63) is 54.0 Å². The van der Waals surface area contributed by atoms with Gasteiger partial charge in [0.25, 0.3) is 0 Å². The fourth-order valence-corrected chi connectivity index (χ4v) is 2.40. The van der Waals surface area contributed by atoms with Crippen LogP contribution in [0.4, 0.5) is 0 Å². The second-order valence-corrected chi connectivity index (χ2v) is 5.31. The number of rotatable bonds is 5. The van der Waals surface area contributed by atoms with Crippen LogP contribution in [0, 0.1) is 0 Å². The van der Waals surface area contributed by atoms with Crippen molar-refractivity contribution in [3.8, 4) is 0 Å². The SMILES string of the molecule is CC(C)NCc1cn(Cc2ccno2)c2ccccc12. The van der Waals surface area contributed by atoms with Crippen molar-refractivity contribution in [3.63, 3.8) is 0 Å². The van der Waals surface area contributed by atoms with E-state index in [4.69, 9.17) is 4.52 Å². The highest BCUT2D eigenvalue weighted by atomic mass is 16.5. The number of nitrogens with zero attached hydrogens (tertiary/aromatic N) is 2. The van der Waals surface area contributed by atoms with Gasteiger partial charge in [0.15, 0.2) is 5.76 Å². The Morgan fingerprint density at radius 2 is 2.10 bits per heavy atom. The smallest absolute Gasteiger partial charge is 0.156 e. The highest BCUT2D eigenvalue weighted by Crippen LogP contribution is 2.22. The van der Waals surface area contributed by atoms with Crippen molar-refractivity contribution in [2.75, 3.05) is 0 Å². The number of hydrogen-bond donors (Lipinski definition) is 1. The van der Waals surface area contributed by atoms with Crippen LogP contribution in [0.3, 0.4) is 0 Å². The number of fused-ring (bicyclic) bond motifs is 1. The second-order valence-electron chi connectivity index (χ2n) is 5.31. The van der Waals surface area contributed by atoms with Crippen LogP contribution in [0.15, 0.2) is 47.2 Å². The fourth-order valence-electron chi connectivity index (χ4n) is 2.40. The quantitative estimate of drug-likeness (QED) is 0.773. The first-order valence-corrected chi connectivity index (χ1v) is 6.94. The van der Waals surface area contributed by atoms with E-state index in [9.17, 15) is 0 Å². The van der Waals surface area contributed by atoms with Gasteiger partial charge in [-0.15, -0.1) is 0 Å². The third kappa shape index (κ3) is 2.60. The number of hydrogen-bond acceptors (Lipinski definition) is 3. The highest BCUT2D eigenvalue weighted by molar-refractivity contribution is 5.84. The Bertz CT molecular complexity index is 683. The van der Waals surface area contributed by atoms with Crippen LogP contribution in [0.5, 0.6) is 0 Å². The van der Waals surface area contributed by atoms with Gasteiger partial charge in [-0.1, -0.05) is 37.2 Å². The standard InChI is InChI=1S/C16H19N3O/c1-12(2)17-9-13-10-19(11-14-7-8-18-20-14)16-6-4-3-5-15(13)16/h3-8,10,12,17H,9,11H2,1-2H3. The van der Waals surface area contributed by atoms with E-state index in [1.165, 1.54) is 16.5 Å². The molecule has 2 aromatic heterocycles. The van der Waals surface area contributed by atoms with Crippen molar-refractivity contribution >= 4 is 10.9 Å². The monoisotopic (exact) mass is 269 g/mol. The average Bonchev–Trinajstić information content (AvgIpc) is 3.06.